The van der Waals surface area contributed by atoms with Crippen LogP contribution in [0.4, 0.5) is 0 Å². The molecule has 4 nitrogen and oxygen atoms in total. The minimum atomic E-state index is -0.0790. The molecule has 2 aliphatic rings. The van der Waals surface area contributed by atoms with Crippen molar-refractivity contribution in [2.45, 2.75) is 6.92 Å². The summed E-state index contributed by atoms with van der Waals surface area (Å²) in [5.41, 5.74) is 2.12. The maximum atomic E-state index is 12.8. The third-order valence-electron chi connectivity index (χ3n) is 3.92. The minimum absolute atomic E-state index is 0.0790. The van der Waals surface area contributed by atoms with Crippen molar-refractivity contribution in [3.8, 4) is 22.7 Å². The minimum Gasteiger partial charge on any atom is -0.497 e. The largest absolute Gasteiger partial charge is 0.497 e. The topological polar surface area (TPSA) is 44.1 Å². The first-order valence-electron chi connectivity index (χ1n) is 7.24. The third kappa shape index (κ3) is 2.12. The van der Waals surface area contributed by atoms with Crippen molar-refractivity contribution in [1.29, 1.82) is 0 Å². The first-order chi connectivity index (χ1) is 11.2. The van der Waals surface area contributed by atoms with Crippen molar-refractivity contribution in [2.24, 2.45) is 0 Å². The molecule has 2 aromatic carbocycles. The number of hydrogen-bond donors (Lipinski definition) is 0. The van der Waals surface area contributed by atoms with Gasteiger partial charge in [0, 0.05) is 15.0 Å². The van der Waals surface area contributed by atoms with Crippen LogP contribution in [0.1, 0.15) is 4.88 Å². The highest BCUT2D eigenvalue weighted by Gasteiger charge is 2.21. The molecule has 0 spiro atoms. The Bertz CT molecular complexity index is 1030. The monoisotopic (exact) mass is 322 g/mol. The molecule has 0 aliphatic carbocycles. The Hall–Kier alpha value is -2.66. The molecule has 4 rings (SSSR count). The second-order valence-electron chi connectivity index (χ2n) is 5.29. The molecule has 0 saturated heterocycles. The van der Waals surface area contributed by atoms with E-state index < -0.39 is 0 Å². The van der Waals surface area contributed by atoms with Gasteiger partial charge in [-0.3, -0.25) is 4.79 Å². The van der Waals surface area contributed by atoms with Crippen LogP contribution in [0.25, 0.3) is 27.0 Å². The summed E-state index contributed by atoms with van der Waals surface area (Å²) in [6.07, 6.45) is 0. The molecule has 5 heteroatoms. The summed E-state index contributed by atoms with van der Waals surface area (Å²) >= 11 is 1.63. The molecule has 0 aromatic heterocycles. The lowest BCUT2D eigenvalue weighted by Gasteiger charge is -2.04. The third-order valence-corrected chi connectivity index (χ3v) is 5.00. The van der Waals surface area contributed by atoms with Gasteiger partial charge in [-0.05, 0) is 37.3 Å². The van der Waals surface area contributed by atoms with Gasteiger partial charge in [-0.15, -0.1) is 11.3 Å². The molecule has 114 valence electrons. The van der Waals surface area contributed by atoms with Crippen LogP contribution < -0.4 is 10.3 Å². The van der Waals surface area contributed by atoms with Crippen molar-refractivity contribution < 1.29 is 4.74 Å². The molecule has 0 bridgehead atoms. The van der Waals surface area contributed by atoms with Gasteiger partial charge in [0.05, 0.1) is 18.4 Å². The molecule has 23 heavy (non-hydrogen) atoms. The molecule has 2 heterocycles. The van der Waals surface area contributed by atoms with Crippen molar-refractivity contribution in [3.63, 3.8) is 0 Å². The van der Waals surface area contributed by atoms with Crippen LogP contribution >= 0.6 is 11.3 Å². The van der Waals surface area contributed by atoms with Crippen molar-refractivity contribution in [3.05, 3.63) is 63.8 Å². The summed E-state index contributed by atoms with van der Waals surface area (Å²) in [5.74, 6) is 0.752. The molecule has 0 atom stereocenters. The Kier molecular flexibility index (Phi) is 3.16. The van der Waals surface area contributed by atoms with E-state index in [0.717, 1.165) is 32.1 Å². The van der Waals surface area contributed by atoms with Gasteiger partial charge >= 0.3 is 0 Å². The Labute approximate surface area is 136 Å². The lowest BCUT2D eigenvalue weighted by molar-refractivity contribution is 0.414. The molecule has 0 radical (unpaired) electrons. The summed E-state index contributed by atoms with van der Waals surface area (Å²) in [6.45, 7) is 1.97. The van der Waals surface area contributed by atoms with E-state index in [1.807, 2.05) is 49.4 Å². The number of rotatable bonds is 2. The number of ether oxygens (including phenoxy) is 1. The summed E-state index contributed by atoms with van der Waals surface area (Å²) in [6, 6.07) is 15.4. The zero-order chi connectivity index (χ0) is 16.0. The van der Waals surface area contributed by atoms with Gasteiger partial charge in [0.15, 0.2) is 0 Å². The van der Waals surface area contributed by atoms with Crippen LogP contribution in [-0.2, 0) is 0 Å². The van der Waals surface area contributed by atoms with Crippen LogP contribution in [0.2, 0.25) is 0 Å². The maximum absolute atomic E-state index is 12.8. The molecule has 0 amide bonds. The molecular formula is C18H14N2O2S. The van der Waals surface area contributed by atoms with E-state index in [2.05, 4.69) is 11.2 Å². The standard InChI is InChI=1S/C18H14N2O2S/c1-11-16-17(14-5-3-4-6-15(14)23-11)19-20(18(16)21)12-7-9-13(22-2)10-8-12/h3-10H,1-2H3. The van der Waals surface area contributed by atoms with Gasteiger partial charge < -0.3 is 4.74 Å². The zero-order valence-electron chi connectivity index (χ0n) is 12.7. The fourth-order valence-corrected chi connectivity index (χ4v) is 3.81. The summed E-state index contributed by atoms with van der Waals surface area (Å²) in [7, 11) is 1.62. The van der Waals surface area contributed by atoms with Crippen molar-refractivity contribution in [2.75, 3.05) is 7.11 Å². The first kappa shape index (κ1) is 14.0. The lowest BCUT2D eigenvalue weighted by Crippen LogP contribution is -2.14. The Balaban J connectivity index is 2.03. The van der Waals surface area contributed by atoms with E-state index in [4.69, 9.17) is 4.74 Å². The van der Waals surface area contributed by atoms with Gasteiger partial charge in [0.1, 0.15) is 11.4 Å². The number of fused-ring (bicyclic) bond motifs is 3. The maximum Gasteiger partial charge on any atom is 0.282 e. The number of nitrogens with zero attached hydrogens (tertiary/aromatic N) is 2. The first-order valence-corrected chi connectivity index (χ1v) is 8.06. The SMILES string of the molecule is COc1ccc(-n2nc3c4ccccc4sc(C)c-3c2=O)cc1. The number of hydrogen-bond acceptors (Lipinski definition) is 4. The molecular weight excluding hydrogens is 308 g/mol. The molecule has 0 unspecified atom stereocenters. The number of aromatic nitrogens is 2. The van der Waals surface area contributed by atoms with E-state index in [9.17, 15) is 4.79 Å². The predicted octanol–water partition coefficient (Wildman–Crippen LogP) is 3.87. The van der Waals surface area contributed by atoms with E-state index >= 15 is 0 Å². The zero-order valence-corrected chi connectivity index (χ0v) is 13.6. The number of benzene rings is 2. The highest BCUT2D eigenvalue weighted by molar-refractivity contribution is 7.18. The van der Waals surface area contributed by atoms with Gasteiger partial charge in [-0.1, -0.05) is 18.2 Å². The molecule has 0 saturated carbocycles. The smallest absolute Gasteiger partial charge is 0.282 e. The Morgan fingerprint density at radius 3 is 2.57 bits per heavy atom. The fourth-order valence-electron chi connectivity index (χ4n) is 2.77. The quantitative estimate of drug-likeness (QED) is 0.563. The van der Waals surface area contributed by atoms with E-state index in [1.54, 1.807) is 18.4 Å². The molecule has 0 N–H and O–H groups in total. The van der Waals surface area contributed by atoms with Crippen LogP contribution in [0, 0.1) is 6.92 Å². The second-order valence-corrected chi connectivity index (χ2v) is 6.55. The average molecular weight is 322 g/mol. The second kappa shape index (κ2) is 5.21. The molecule has 0 fully saturated rings. The van der Waals surface area contributed by atoms with Crippen LogP contribution in [0.15, 0.2) is 53.3 Å². The highest BCUT2D eigenvalue weighted by Crippen LogP contribution is 2.34. The Morgan fingerprint density at radius 2 is 1.83 bits per heavy atom. The van der Waals surface area contributed by atoms with Gasteiger partial charge in [-0.25, -0.2) is 0 Å². The lowest BCUT2D eigenvalue weighted by atomic mass is 10.1. The molecule has 2 aromatic rings. The van der Waals surface area contributed by atoms with Crippen molar-refractivity contribution in [1.82, 2.24) is 9.78 Å². The van der Waals surface area contributed by atoms with Gasteiger partial charge in [0.25, 0.3) is 5.56 Å². The van der Waals surface area contributed by atoms with Crippen LogP contribution in [-0.4, -0.2) is 16.9 Å². The van der Waals surface area contributed by atoms with Gasteiger partial charge in [0.2, 0.25) is 0 Å². The predicted molar refractivity (Wildman–Crippen MR) is 93.1 cm³/mol. The summed E-state index contributed by atoms with van der Waals surface area (Å²) in [4.78, 5) is 13.8. The van der Waals surface area contributed by atoms with Crippen LogP contribution in [0.5, 0.6) is 5.75 Å². The van der Waals surface area contributed by atoms with Gasteiger partial charge in [-0.2, -0.15) is 9.78 Å². The normalized spacial score (nSPS) is 11.2. The van der Waals surface area contributed by atoms with E-state index in [0.29, 0.717) is 5.56 Å². The molecule has 2 aliphatic heterocycles. The fraction of sp³-hybridized carbons (Fsp3) is 0.111. The Morgan fingerprint density at radius 1 is 1.09 bits per heavy atom. The van der Waals surface area contributed by atoms with E-state index in [1.165, 1.54) is 4.68 Å². The summed E-state index contributed by atoms with van der Waals surface area (Å²) in [5, 5.41) is 5.61. The summed E-state index contributed by atoms with van der Waals surface area (Å²) < 4.78 is 7.77. The van der Waals surface area contributed by atoms with Crippen LogP contribution in [0.3, 0.4) is 0 Å². The number of methoxy groups -OCH3 is 1. The van der Waals surface area contributed by atoms with E-state index in [-0.39, 0.29) is 5.56 Å². The average Bonchev–Trinajstić information content (AvgIpc) is 2.93. The highest BCUT2D eigenvalue weighted by atomic mass is 32.1. The van der Waals surface area contributed by atoms with Crippen molar-refractivity contribution >= 4 is 21.4 Å². The number of aryl methyl sites for hydroxylation is 1.